The molecule has 1 unspecified atom stereocenters. The minimum Gasteiger partial charge on any atom is -0.480 e. The Morgan fingerprint density at radius 2 is 2.15 bits per heavy atom. The van der Waals surface area contributed by atoms with Crippen LogP contribution in [0.2, 0.25) is 0 Å². The van der Waals surface area contributed by atoms with Crippen molar-refractivity contribution in [3.8, 4) is 0 Å². The first-order valence-electron chi connectivity index (χ1n) is 7.80. The molecule has 1 amide bonds. The van der Waals surface area contributed by atoms with E-state index >= 15 is 0 Å². The van der Waals surface area contributed by atoms with Gasteiger partial charge in [-0.25, -0.2) is 14.6 Å². The number of carbonyl (C=O) groups excluding carboxylic acids is 1. The third kappa shape index (κ3) is 4.99. The van der Waals surface area contributed by atoms with Crippen LogP contribution < -0.4 is 5.32 Å². The van der Waals surface area contributed by atoms with Crippen molar-refractivity contribution in [3.63, 3.8) is 0 Å². The van der Waals surface area contributed by atoms with Crippen molar-refractivity contribution in [2.24, 2.45) is 0 Å². The van der Waals surface area contributed by atoms with Crippen LogP contribution in [0, 0.1) is 0 Å². The highest BCUT2D eigenvalue weighted by Gasteiger charge is 2.21. The highest BCUT2D eigenvalue weighted by Crippen LogP contribution is 2.16. The van der Waals surface area contributed by atoms with E-state index in [9.17, 15) is 14.7 Å². The molecule has 9 heteroatoms. The topological polar surface area (TPSA) is 92.9 Å². The number of imidazole rings is 1. The molecule has 0 spiro atoms. The number of hydrogen-bond donors (Lipinski definition) is 2. The number of fused-ring (bicyclic) bond motifs is 1. The number of benzene rings is 1. The number of carboxylic acid groups (broad SMARTS) is 1. The molecule has 3 aromatic rings. The van der Waals surface area contributed by atoms with Gasteiger partial charge in [0.25, 0.3) is 0 Å². The van der Waals surface area contributed by atoms with Crippen molar-refractivity contribution in [2.75, 3.05) is 5.75 Å². The highest BCUT2D eigenvalue weighted by molar-refractivity contribution is 7.98. The molecule has 0 aliphatic heterocycles. The second-order valence-electron chi connectivity index (χ2n) is 5.44. The van der Waals surface area contributed by atoms with E-state index in [1.54, 1.807) is 0 Å². The average Bonchev–Trinajstić information content (AvgIpc) is 3.21. The minimum absolute atomic E-state index is 0.0948. The Balaban J connectivity index is 1.44. The van der Waals surface area contributed by atoms with Gasteiger partial charge in [0.05, 0.1) is 5.69 Å². The summed E-state index contributed by atoms with van der Waals surface area (Å²) < 4.78 is 6.99. The first-order valence-corrected chi connectivity index (χ1v) is 9.84. The molecule has 1 aromatic carbocycles. The van der Waals surface area contributed by atoms with Crippen LogP contribution in [-0.2, 0) is 21.9 Å². The summed E-state index contributed by atoms with van der Waals surface area (Å²) in [6, 6.07) is 8.18. The quantitative estimate of drug-likeness (QED) is 0.613. The number of thiazole rings is 1. The standard InChI is InChI=1S/C17H17N3O4S2/c21-15(22)14(19-17(23)24-9-12-4-2-1-3-5-12)11-25-10-13-8-20-6-7-26-16(20)18-13/h1-8,14H,9-11H2,(H,19,23)(H,21,22). The molecule has 2 aromatic heterocycles. The van der Waals surface area contributed by atoms with Gasteiger partial charge in [-0.15, -0.1) is 11.3 Å². The van der Waals surface area contributed by atoms with Gasteiger partial charge in [0, 0.05) is 29.3 Å². The smallest absolute Gasteiger partial charge is 0.408 e. The number of thioether (sulfide) groups is 1. The van der Waals surface area contributed by atoms with Gasteiger partial charge < -0.3 is 15.2 Å². The highest BCUT2D eigenvalue weighted by atomic mass is 32.2. The largest absolute Gasteiger partial charge is 0.480 e. The lowest BCUT2D eigenvalue weighted by Crippen LogP contribution is -2.42. The fraction of sp³-hybridized carbons (Fsp3) is 0.235. The Bertz CT molecular complexity index is 850. The predicted molar refractivity (Wildman–Crippen MR) is 100 cm³/mol. The summed E-state index contributed by atoms with van der Waals surface area (Å²) in [5, 5.41) is 13.6. The first kappa shape index (κ1) is 18.3. The molecule has 2 heterocycles. The van der Waals surface area contributed by atoms with E-state index in [0.717, 1.165) is 16.2 Å². The van der Waals surface area contributed by atoms with Gasteiger partial charge in [-0.3, -0.25) is 4.40 Å². The molecular formula is C17H17N3O4S2. The molecule has 0 bridgehead atoms. The number of amides is 1. The molecule has 136 valence electrons. The monoisotopic (exact) mass is 391 g/mol. The van der Waals surface area contributed by atoms with E-state index < -0.39 is 18.1 Å². The third-order valence-electron chi connectivity index (χ3n) is 3.48. The summed E-state index contributed by atoms with van der Waals surface area (Å²) in [5.41, 5.74) is 1.71. The number of ether oxygens (including phenoxy) is 1. The van der Waals surface area contributed by atoms with E-state index in [0.29, 0.717) is 5.75 Å². The van der Waals surface area contributed by atoms with Crippen LogP contribution >= 0.6 is 23.1 Å². The zero-order chi connectivity index (χ0) is 18.4. The number of hydrogen-bond acceptors (Lipinski definition) is 6. The van der Waals surface area contributed by atoms with Crippen molar-refractivity contribution < 1.29 is 19.4 Å². The molecular weight excluding hydrogens is 374 g/mol. The number of rotatable bonds is 8. The fourth-order valence-electron chi connectivity index (χ4n) is 2.21. The molecule has 0 aliphatic rings. The van der Waals surface area contributed by atoms with Crippen molar-refractivity contribution in [3.05, 3.63) is 59.4 Å². The summed E-state index contributed by atoms with van der Waals surface area (Å²) >= 11 is 2.94. The third-order valence-corrected chi connectivity index (χ3v) is 5.32. The van der Waals surface area contributed by atoms with Crippen LogP contribution in [0.5, 0.6) is 0 Å². The molecule has 26 heavy (non-hydrogen) atoms. The summed E-state index contributed by atoms with van der Waals surface area (Å²) in [6.07, 6.45) is 3.09. The maximum absolute atomic E-state index is 11.8. The number of carbonyl (C=O) groups is 2. The summed E-state index contributed by atoms with van der Waals surface area (Å²) in [6.45, 7) is 0.0948. The molecule has 3 rings (SSSR count). The average molecular weight is 391 g/mol. The van der Waals surface area contributed by atoms with Gasteiger partial charge >= 0.3 is 12.1 Å². The van der Waals surface area contributed by atoms with Gasteiger partial charge in [-0.2, -0.15) is 11.8 Å². The van der Waals surface area contributed by atoms with E-state index in [2.05, 4.69) is 10.3 Å². The summed E-state index contributed by atoms with van der Waals surface area (Å²) in [4.78, 5) is 28.5. The lowest BCUT2D eigenvalue weighted by Gasteiger charge is -2.14. The van der Waals surface area contributed by atoms with Crippen LogP contribution in [0.3, 0.4) is 0 Å². The molecule has 7 nitrogen and oxygen atoms in total. The Hall–Kier alpha value is -2.52. The molecule has 2 N–H and O–H groups in total. The number of nitrogens with zero attached hydrogens (tertiary/aromatic N) is 2. The SMILES string of the molecule is O=C(NC(CSCc1cn2ccsc2n1)C(=O)O)OCc1ccccc1. The van der Waals surface area contributed by atoms with E-state index in [-0.39, 0.29) is 12.4 Å². The van der Waals surface area contributed by atoms with Crippen LogP contribution in [0.25, 0.3) is 4.96 Å². The number of nitrogens with one attached hydrogen (secondary N) is 1. The fourth-order valence-corrected chi connectivity index (χ4v) is 3.86. The van der Waals surface area contributed by atoms with Crippen molar-refractivity contribution in [1.82, 2.24) is 14.7 Å². The predicted octanol–water partition coefficient (Wildman–Crippen LogP) is 3.01. The maximum Gasteiger partial charge on any atom is 0.408 e. The van der Waals surface area contributed by atoms with Gasteiger partial charge in [0.2, 0.25) is 0 Å². The van der Waals surface area contributed by atoms with Crippen LogP contribution in [0.1, 0.15) is 11.3 Å². The van der Waals surface area contributed by atoms with Crippen LogP contribution in [0.4, 0.5) is 4.79 Å². The van der Waals surface area contributed by atoms with E-state index in [1.165, 1.54) is 23.1 Å². The Kier molecular flexibility index (Phi) is 6.13. The van der Waals surface area contributed by atoms with E-state index in [1.807, 2.05) is 52.5 Å². The van der Waals surface area contributed by atoms with Crippen molar-refractivity contribution in [2.45, 2.75) is 18.4 Å². The summed E-state index contributed by atoms with van der Waals surface area (Å²) in [7, 11) is 0. The van der Waals surface area contributed by atoms with Crippen LogP contribution in [-0.4, -0.2) is 38.3 Å². The molecule has 0 aliphatic carbocycles. The number of alkyl carbamates (subject to hydrolysis) is 1. The normalized spacial score (nSPS) is 12.0. The zero-order valence-corrected chi connectivity index (χ0v) is 15.3. The Morgan fingerprint density at radius 3 is 2.88 bits per heavy atom. The number of carboxylic acids is 1. The lowest BCUT2D eigenvalue weighted by atomic mass is 10.2. The maximum atomic E-state index is 11.8. The van der Waals surface area contributed by atoms with Crippen molar-refractivity contribution >= 4 is 40.1 Å². The number of aromatic nitrogens is 2. The molecule has 0 saturated heterocycles. The second-order valence-corrected chi connectivity index (χ2v) is 7.34. The Labute approximate surface area is 158 Å². The molecule has 1 atom stereocenters. The van der Waals surface area contributed by atoms with Gasteiger partial charge in [-0.1, -0.05) is 30.3 Å². The summed E-state index contributed by atoms with van der Waals surface area (Å²) in [5.74, 6) is -0.306. The zero-order valence-electron chi connectivity index (χ0n) is 13.7. The first-order chi connectivity index (χ1) is 12.6. The van der Waals surface area contributed by atoms with Gasteiger partial charge in [-0.05, 0) is 5.56 Å². The van der Waals surface area contributed by atoms with Crippen LogP contribution in [0.15, 0.2) is 48.1 Å². The van der Waals surface area contributed by atoms with E-state index in [4.69, 9.17) is 4.74 Å². The molecule has 0 radical (unpaired) electrons. The van der Waals surface area contributed by atoms with Gasteiger partial charge in [0.1, 0.15) is 12.6 Å². The molecule has 0 fully saturated rings. The second kappa shape index (κ2) is 8.72. The minimum atomic E-state index is -1.10. The lowest BCUT2D eigenvalue weighted by molar-refractivity contribution is -0.138. The van der Waals surface area contributed by atoms with Gasteiger partial charge in [0.15, 0.2) is 4.96 Å². The molecule has 0 saturated carbocycles. The number of aliphatic carboxylic acids is 1. The Morgan fingerprint density at radius 1 is 1.35 bits per heavy atom. The van der Waals surface area contributed by atoms with Crippen molar-refractivity contribution in [1.29, 1.82) is 0 Å².